The van der Waals surface area contributed by atoms with Crippen molar-refractivity contribution in [1.82, 2.24) is 4.90 Å². The Morgan fingerprint density at radius 3 is 2.94 bits per heavy atom. The first-order valence-corrected chi connectivity index (χ1v) is 6.77. The topological polar surface area (TPSA) is 27.0 Å². The molecule has 0 fully saturated rings. The number of benzene rings is 1. The van der Waals surface area contributed by atoms with Gasteiger partial charge in [-0.15, -0.1) is 11.3 Å². The molecule has 0 aliphatic rings. The molecule has 0 atom stereocenters. The van der Waals surface area contributed by atoms with Gasteiger partial charge in [0.25, 0.3) is 0 Å². The molecule has 0 bridgehead atoms. The number of thiophene rings is 1. The molecule has 0 saturated carbocycles. The second kappa shape index (κ2) is 5.81. The molecule has 3 heteroatoms. The van der Waals surface area contributed by atoms with Crippen LogP contribution >= 0.6 is 11.3 Å². The van der Waals surface area contributed by atoms with Crippen LogP contribution < -0.4 is 0 Å². The average molecular weight is 244 g/mol. The number of nitriles is 1. The molecule has 0 N–H and O–H groups in total. The van der Waals surface area contributed by atoms with E-state index < -0.39 is 0 Å². The number of fused-ring (bicyclic) bond motifs is 1. The fraction of sp³-hybridized carbons (Fsp3) is 0.357. The van der Waals surface area contributed by atoms with E-state index in [4.69, 9.17) is 5.26 Å². The average Bonchev–Trinajstić information content (AvgIpc) is 2.78. The monoisotopic (exact) mass is 244 g/mol. The van der Waals surface area contributed by atoms with Crippen LogP contribution in [0.5, 0.6) is 0 Å². The summed E-state index contributed by atoms with van der Waals surface area (Å²) in [5.41, 5.74) is 1.38. The van der Waals surface area contributed by atoms with Crippen molar-refractivity contribution in [1.29, 1.82) is 5.26 Å². The van der Waals surface area contributed by atoms with Crippen molar-refractivity contribution in [3.63, 3.8) is 0 Å². The van der Waals surface area contributed by atoms with E-state index in [0.29, 0.717) is 6.42 Å². The molecule has 2 aromatic rings. The summed E-state index contributed by atoms with van der Waals surface area (Å²) in [7, 11) is 0. The molecule has 0 radical (unpaired) electrons. The Kier molecular flexibility index (Phi) is 4.13. The minimum Gasteiger partial charge on any atom is -0.298 e. The maximum atomic E-state index is 8.63. The van der Waals surface area contributed by atoms with Gasteiger partial charge < -0.3 is 0 Å². The first-order chi connectivity index (χ1) is 8.35. The Hall–Kier alpha value is -1.37. The van der Waals surface area contributed by atoms with Gasteiger partial charge in [0.05, 0.1) is 6.07 Å². The highest BCUT2D eigenvalue weighted by atomic mass is 32.1. The third-order valence-electron chi connectivity index (χ3n) is 2.94. The second-order valence-electron chi connectivity index (χ2n) is 4.03. The smallest absolute Gasteiger partial charge is 0.0635 e. The van der Waals surface area contributed by atoms with Crippen molar-refractivity contribution in [3.05, 3.63) is 35.2 Å². The zero-order chi connectivity index (χ0) is 12.1. The Morgan fingerprint density at radius 2 is 2.18 bits per heavy atom. The van der Waals surface area contributed by atoms with Crippen LogP contribution in [-0.2, 0) is 6.54 Å². The summed E-state index contributed by atoms with van der Waals surface area (Å²) in [6.07, 6.45) is 0.607. The fourth-order valence-electron chi connectivity index (χ4n) is 1.95. The zero-order valence-electron chi connectivity index (χ0n) is 10.0. The van der Waals surface area contributed by atoms with E-state index in [9.17, 15) is 0 Å². The standard InChI is InChI=1S/C14H16N2S/c1-2-16(9-5-8-15)10-12-11-17-14-7-4-3-6-13(12)14/h3-4,6-7,11H,2,5,9-10H2,1H3. The van der Waals surface area contributed by atoms with Gasteiger partial charge in [-0.25, -0.2) is 0 Å². The quantitative estimate of drug-likeness (QED) is 0.803. The van der Waals surface area contributed by atoms with Crippen LogP contribution in [0.1, 0.15) is 18.9 Å². The van der Waals surface area contributed by atoms with Crippen LogP contribution in [0.3, 0.4) is 0 Å². The highest BCUT2D eigenvalue weighted by Gasteiger charge is 2.07. The lowest BCUT2D eigenvalue weighted by atomic mass is 10.1. The molecule has 1 aromatic heterocycles. The molecule has 0 unspecified atom stereocenters. The normalized spacial score (nSPS) is 10.9. The van der Waals surface area contributed by atoms with E-state index in [0.717, 1.165) is 19.6 Å². The summed E-state index contributed by atoms with van der Waals surface area (Å²) in [4.78, 5) is 2.32. The van der Waals surface area contributed by atoms with Crippen LogP contribution in [0, 0.1) is 11.3 Å². The lowest BCUT2D eigenvalue weighted by Gasteiger charge is -2.18. The summed E-state index contributed by atoms with van der Waals surface area (Å²) < 4.78 is 1.35. The van der Waals surface area contributed by atoms with Crippen LogP contribution in [0.2, 0.25) is 0 Å². The summed E-state index contributed by atoms with van der Waals surface area (Å²) in [6, 6.07) is 10.7. The van der Waals surface area contributed by atoms with E-state index in [1.165, 1.54) is 15.6 Å². The molecular formula is C14H16N2S. The molecule has 1 heterocycles. The Balaban J connectivity index is 2.14. The first kappa shape index (κ1) is 12.1. The van der Waals surface area contributed by atoms with Gasteiger partial charge in [0.15, 0.2) is 0 Å². The Labute approximate surface area is 106 Å². The molecule has 1 aromatic carbocycles. The van der Waals surface area contributed by atoms with Crippen LogP contribution in [-0.4, -0.2) is 18.0 Å². The van der Waals surface area contributed by atoms with Crippen LogP contribution in [0.25, 0.3) is 10.1 Å². The van der Waals surface area contributed by atoms with Crippen molar-refractivity contribution in [3.8, 4) is 6.07 Å². The zero-order valence-corrected chi connectivity index (χ0v) is 10.8. The van der Waals surface area contributed by atoms with Gasteiger partial charge in [-0.05, 0) is 28.9 Å². The van der Waals surface area contributed by atoms with E-state index in [2.05, 4.69) is 47.5 Å². The predicted octanol–water partition coefficient (Wildman–Crippen LogP) is 3.64. The molecular weight excluding hydrogens is 228 g/mol. The van der Waals surface area contributed by atoms with Gasteiger partial charge in [-0.3, -0.25) is 4.90 Å². The second-order valence-corrected chi connectivity index (χ2v) is 4.95. The van der Waals surface area contributed by atoms with Crippen molar-refractivity contribution in [2.75, 3.05) is 13.1 Å². The largest absolute Gasteiger partial charge is 0.298 e. The number of hydrogen-bond acceptors (Lipinski definition) is 3. The minimum atomic E-state index is 0.607. The van der Waals surface area contributed by atoms with Gasteiger partial charge >= 0.3 is 0 Å². The van der Waals surface area contributed by atoms with Crippen molar-refractivity contribution in [2.45, 2.75) is 19.9 Å². The third-order valence-corrected chi connectivity index (χ3v) is 3.95. The van der Waals surface area contributed by atoms with Gasteiger partial charge in [0.2, 0.25) is 0 Å². The molecule has 0 amide bonds. The van der Waals surface area contributed by atoms with E-state index in [1.54, 1.807) is 11.3 Å². The van der Waals surface area contributed by atoms with E-state index in [1.807, 2.05) is 0 Å². The molecule has 2 rings (SSSR count). The van der Waals surface area contributed by atoms with Gasteiger partial charge in [-0.1, -0.05) is 25.1 Å². The molecule has 0 aliphatic carbocycles. The van der Waals surface area contributed by atoms with E-state index >= 15 is 0 Å². The molecule has 17 heavy (non-hydrogen) atoms. The lowest BCUT2D eigenvalue weighted by molar-refractivity contribution is 0.288. The van der Waals surface area contributed by atoms with Crippen LogP contribution in [0.15, 0.2) is 29.6 Å². The maximum Gasteiger partial charge on any atom is 0.0635 e. The summed E-state index contributed by atoms with van der Waals surface area (Å²) in [6.45, 7) is 4.94. The highest BCUT2D eigenvalue weighted by Crippen LogP contribution is 2.26. The van der Waals surface area contributed by atoms with Gasteiger partial charge in [0.1, 0.15) is 0 Å². The summed E-state index contributed by atoms with van der Waals surface area (Å²) in [5, 5.41) is 12.2. The van der Waals surface area contributed by atoms with Crippen molar-refractivity contribution in [2.24, 2.45) is 0 Å². The predicted molar refractivity (Wildman–Crippen MR) is 73.0 cm³/mol. The number of hydrogen-bond donors (Lipinski definition) is 0. The maximum absolute atomic E-state index is 8.63. The number of nitrogens with zero attached hydrogens (tertiary/aromatic N) is 2. The van der Waals surface area contributed by atoms with Crippen molar-refractivity contribution >= 4 is 21.4 Å². The molecule has 0 saturated heterocycles. The van der Waals surface area contributed by atoms with E-state index in [-0.39, 0.29) is 0 Å². The van der Waals surface area contributed by atoms with Crippen LogP contribution in [0.4, 0.5) is 0 Å². The lowest BCUT2D eigenvalue weighted by Crippen LogP contribution is -2.23. The third kappa shape index (κ3) is 2.85. The Morgan fingerprint density at radius 1 is 1.35 bits per heavy atom. The molecule has 88 valence electrons. The van der Waals surface area contributed by atoms with Gasteiger partial charge in [0, 0.05) is 24.2 Å². The fourth-order valence-corrected chi connectivity index (χ4v) is 2.91. The minimum absolute atomic E-state index is 0.607. The molecule has 2 nitrogen and oxygen atoms in total. The van der Waals surface area contributed by atoms with Crippen molar-refractivity contribution < 1.29 is 0 Å². The molecule has 0 aliphatic heterocycles. The first-order valence-electron chi connectivity index (χ1n) is 5.89. The summed E-state index contributed by atoms with van der Waals surface area (Å²) >= 11 is 1.80. The summed E-state index contributed by atoms with van der Waals surface area (Å²) in [5.74, 6) is 0. The SMILES string of the molecule is CCN(CCC#N)Cc1csc2ccccc12. The number of rotatable bonds is 5. The van der Waals surface area contributed by atoms with Gasteiger partial charge in [-0.2, -0.15) is 5.26 Å². The molecule has 0 spiro atoms. The highest BCUT2D eigenvalue weighted by molar-refractivity contribution is 7.17. The Bertz CT molecular complexity index is 524.